The van der Waals surface area contributed by atoms with Crippen LogP contribution in [0.5, 0.6) is 0 Å². The summed E-state index contributed by atoms with van der Waals surface area (Å²) < 4.78 is 5.37. The number of carbonyl (C=O) groups is 2. The first kappa shape index (κ1) is 19.9. The molecule has 0 radical (unpaired) electrons. The molecule has 28 heavy (non-hydrogen) atoms. The molecular weight excluding hydrogens is 395 g/mol. The second-order valence-corrected chi connectivity index (χ2v) is 6.82. The minimum atomic E-state index is -0.505. The van der Waals surface area contributed by atoms with Gasteiger partial charge in [0.1, 0.15) is 6.61 Å². The molecule has 3 aromatic carbocycles. The van der Waals surface area contributed by atoms with Crippen LogP contribution in [0.15, 0.2) is 84.4 Å². The monoisotopic (exact) mass is 410 g/mol. The fourth-order valence-electron chi connectivity index (χ4n) is 2.55. The summed E-state index contributed by atoms with van der Waals surface area (Å²) in [4.78, 5) is 25.2. The number of benzene rings is 3. The van der Waals surface area contributed by atoms with Crippen molar-refractivity contribution in [1.82, 2.24) is 0 Å². The first-order chi connectivity index (χ1) is 13.5. The predicted molar refractivity (Wildman–Crippen MR) is 112 cm³/mol. The summed E-state index contributed by atoms with van der Waals surface area (Å²) in [5.74, 6) is -0.748. The van der Waals surface area contributed by atoms with Gasteiger partial charge in [-0.25, -0.2) is 4.79 Å². The highest BCUT2D eigenvalue weighted by Gasteiger charge is 2.16. The quantitative estimate of drug-likeness (QED) is 0.279. The smallest absolute Gasteiger partial charge is 0.338 e. The van der Waals surface area contributed by atoms with Crippen LogP contribution in [-0.4, -0.2) is 18.4 Å². The van der Waals surface area contributed by atoms with Gasteiger partial charge in [0.25, 0.3) is 0 Å². The highest BCUT2D eigenvalue weighted by molar-refractivity contribution is 6.35. The third kappa shape index (κ3) is 5.10. The molecule has 0 atom stereocenters. The topological polar surface area (TPSA) is 43.4 Å². The Hall–Kier alpha value is -2.88. The van der Waals surface area contributed by atoms with E-state index in [2.05, 4.69) is 0 Å². The minimum Gasteiger partial charge on any atom is -0.457 e. The zero-order valence-electron chi connectivity index (χ0n) is 14.8. The second kappa shape index (κ2) is 9.36. The SMILES string of the molecule is O=C(OC/C(=C\c1ccc(Cl)cc1Cl)C(=O)c1ccccc1)c1ccccc1. The molecule has 0 aliphatic heterocycles. The molecule has 0 N–H and O–H groups in total. The molecule has 0 heterocycles. The number of rotatable bonds is 6. The molecule has 0 saturated heterocycles. The van der Waals surface area contributed by atoms with Gasteiger partial charge in [0.15, 0.2) is 5.78 Å². The van der Waals surface area contributed by atoms with Crippen molar-refractivity contribution in [1.29, 1.82) is 0 Å². The van der Waals surface area contributed by atoms with Crippen molar-refractivity contribution in [3.63, 3.8) is 0 Å². The molecule has 140 valence electrons. The number of hydrogen-bond acceptors (Lipinski definition) is 3. The van der Waals surface area contributed by atoms with Gasteiger partial charge in [0.05, 0.1) is 5.56 Å². The van der Waals surface area contributed by atoms with Crippen LogP contribution in [0.1, 0.15) is 26.3 Å². The molecule has 3 aromatic rings. The summed E-state index contributed by atoms with van der Waals surface area (Å²) in [6, 6.07) is 22.4. The molecule has 0 aromatic heterocycles. The number of carbonyl (C=O) groups excluding carboxylic acids is 2. The zero-order valence-corrected chi connectivity index (χ0v) is 16.3. The average Bonchev–Trinajstić information content (AvgIpc) is 2.73. The van der Waals surface area contributed by atoms with E-state index >= 15 is 0 Å². The van der Waals surface area contributed by atoms with Gasteiger partial charge in [0.2, 0.25) is 0 Å². The van der Waals surface area contributed by atoms with Crippen LogP contribution in [0, 0.1) is 0 Å². The van der Waals surface area contributed by atoms with Crippen LogP contribution in [0.4, 0.5) is 0 Å². The van der Waals surface area contributed by atoms with E-state index in [0.29, 0.717) is 32.3 Å². The van der Waals surface area contributed by atoms with E-state index in [0.717, 1.165) is 0 Å². The lowest BCUT2D eigenvalue weighted by Crippen LogP contribution is -2.14. The third-order valence-corrected chi connectivity index (χ3v) is 4.55. The summed E-state index contributed by atoms with van der Waals surface area (Å²) in [7, 11) is 0. The molecule has 0 unspecified atom stereocenters. The standard InChI is InChI=1S/C23H16Cl2O3/c24-20-12-11-18(21(25)14-20)13-19(22(26)16-7-3-1-4-8-16)15-28-23(27)17-9-5-2-6-10-17/h1-14H,15H2/b19-13+. The Kier molecular flexibility index (Phi) is 6.64. The van der Waals surface area contributed by atoms with E-state index in [1.54, 1.807) is 72.8 Å². The Morgan fingerprint density at radius 2 is 1.43 bits per heavy atom. The van der Waals surface area contributed by atoms with Crippen LogP contribution in [-0.2, 0) is 4.74 Å². The number of halogens is 2. The molecule has 0 saturated carbocycles. The first-order valence-electron chi connectivity index (χ1n) is 8.52. The van der Waals surface area contributed by atoms with Gasteiger partial charge in [-0.3, -0.25) is 4.79 Å². The Morgan fingerprint density at radius 3 is 2.04 bits per heavy atom. The highest BCUT2D eigenvalue weighted by Crippen LogP contribution is 2.24. The van der Waals surface area contributed by atoms with Gasteiger partial charge in [-0.05, 0) is 35.9 Å². The molecule has 3 rings (SSSR count). The predicted octanol–water partition coefficient (Wildman–Crippen LogP) is 6.12. The Balaban J connectivity index is 1.89. The van der Waals surface area contributed by atoms with Crippen molar-refractivity contribution >= 4 is 41.0 Å². The summed E-state index contributed by atoms with van der Waals surface area (Å²) in [5, 5.41) is 0.897. The average molecular weight is 411 g/mol. The second-order valence-electron chi connectivity index (χ2n) is 5.97. The number of hydrogen-bond donors (Lipinski definition) is 0. The summed E-state index contributed by atoms with van der Waals surface area (Å²) in [6.07, 6.45) is 1.62. The van der Waals surface area contributed by atoms with Crippen LogP contribution >= 0.6 is 23.2 Å². The summed E-state index contributed by atoms with van der Waals surface area (Å²) in [6.45, 7) is -0.180. The molecule has 0 aliphatic rings. The summed E-state index contributed by atoms with van der Waals surface area (Å²) >= 11 is 12.2. The van der Waals surface area contributed by atoms with Gasteiger partial charge in [-0.15, -0.1) is 0 Å². The van der Waals surface area contributed by atoms with E-state index in [4.69, 9.17) is 27.9 Å². The molecular formula is C23H16Cl2O3. The lowest BCUT2D eigenvalue weighted by Gasteiger charge is -2.10. The van der Waals surface area contributed by atoms with Crippen LogP contribution in [0.25, 0.3) is 6.08 Å². The number of ether oxygens (including phenoxy) is 1. The van der Waals surface area contributed by atoms with Gasteiger partial charge >= 0.3 is 5.97 Å². The van der Waals surface area contributed by atoms with Crippen LogP contribution in [0.2, 0.25) is 10.0 Å². The third-order valence-electron chi connectivity index (χ3n) is 3.99. The van der Waals surface area contributed by atoms with Gasteiger partial charge in [-0.2, -0.15) is 0 Å². The fourth-order valence-corrected chi connectivity index (χ4v) is 3.02. The molecule has 5 heteroatoms. The zero-order chi connectivity index (χ0) is 19.9. The lowest BCUT2D eigenvalue weighted by molar-refractivity contribution is 0.0538. The van der Waals surface area contributed by atoms with Gasteiger partial charge < -0.3 is 4.74 Å². The molecule has 0 amide bonds. The number of Topliss-reactive ketones (excluding diaryl/α,β-unsaturated/α-hetero) is 1. The van der Waals surface area contributed by atoms with Crippen LogP contribution < -0.4 is 0 Å². The van der Waals surface area contributed by atoms with Gasteiger partial charge in [0, 0.05) is 21.2 Å². The lowest BCUT2D eigenvalue weighted by atomic mass is 10.0. The van der Waals surface area contributed by atoms with E-state index in [1.807, 2.05) is 12.1 Å². The minimum absolute atomic E-state index is 0.180. The van der Waals surface area contributed by atoms with E-state index in [9.17, 15) is 9.59 Å². The van der Waals surface area contributed by atoms with Crippen LogP contribution in [0.3, 0.4) is 0 Å². The normalized spacial score (nSPS) is 11.1. The number of esters is 1. The molecule has 3 nitrogen and oxygen atoms in total. The molecule has 0 spiro atoms. The van der Waals surface area contributed by atoms with Gasteiger partial charge in [-0.1, -0.05) is 77.8 Å². The first-order valence-corrected chi connectivity index (χ1v) is 9.28. The largest absolute Gasteiger partial charge is 0.457 e. The van der Waals surface area contributed by atoms with E-state index in [1.165, 1.54) is 0 Å². The maximum Gasteiger partial charge on any atom is 0.338 e. The van der Waals surface area contributed by atoms with Crippen molar-refractivity contribution in [2.24, 2.45) is 0 Å². The Morgan fingerprint density at radius 1 is 0.821 bits per heavy atom. The maximum atomic E-state index is 12.9. The van der Waals surface area contributed by atoms with Crippen molar-refractivity contribution in [2.45, 2.75) is 0 Å². The van der Waals surface area contributed by atoms with Crippen molar-refractivity contribution in [3.8, 4) is 0 Å². The molecule has 0 aliphatic carbocycles. The Labute approximate surface area is 173 Å². The van der Waals surface area contributed by atoms with Crippen molar-refractivity contribution in [3.05, 3.63) is 111 Å². The Bertz CT molecular complexity index is 1010. The van der Waals surface area contributed by atoms with E-state index < -0.39 is 5.97 Å². The molecule has 0 bridgehead atoms. The fraction of sp³-hybridized carbons (Fsp3) is 0.0435. The van der Waals surface area contributed by atoms with E-state index in [-0.39, 0.29) is 12.4 Å². The summed E-state index contributed by atoms with van der Waals surface area (Å²) in [5.41, 5.74) is 1.83. The van der Waals surface area contributed by atoms with Crippen molar-refractivity contribution < 1.29 is 14.3 Å². The van der Waals surface area contributed by atoms with Crippen molar-refractivity contribution in [2.75, 3.05) is 6.61 Å². The molecule has 0 fully saturated rings. The maximum absolute atomic E-state index is 12.9. The number of ketones is 1. The highest BCUT2D eigenvalue weighted by atomic mass is 35.5.